The number of rotatable bonds is 6. The van der Waals surface area contributed by atoms with Crippen LogP contribution in [0.3, 0.4) is 0 Å². The van der Waals surface area contributed by atoms with Crippen LogP contribution in [0.15, 0.2) is 42.6 Å². The van der Waals surface area contributed by atoms with Crippen molar-refractivity contribution in [1.29, 1.82) is 0 Å². The molecule has 162 valence electrons. The molecule has 0 bridgehead atoms. The third kappa shape index (κ3) is 4.44. The second kappa shape index (κ2) is 9.26. The monoisotopic (exact) mass is 425 g/mol. The van der Waals surface area contributed by atoms with E-state index in [2.05, 4.69) is 15.3 Å². The minimum absolute atomic E-state index is 0.00632. The molecule has 1 amide bonds. The Labute approximate surface area is 179 Å². The summed E-state index contributed by atoms with van der Waals surface area (Å²) in [6, 6.07) is 10.0. The number of hydrogen-bond acceptors (Lipinski definition) is 6. The van der Waals surface area contributed by atoms with Gasteiger partial charge < -0.3 is 19.5 Å². The zero-order valence-corrected chi connectivity index (χ0v) is 17.4. The maximum absolute atomic E-state index is 15.7. The first kappa shape index (κ1) is 21.0. The molecule has 1 unspecified atom stereocenters. The number of halogens is 1. The molecule has 1 aliphatic heterocycles. The first-order valence-corrected chi connectivity index (χ1v) is 10.1. The van der Waals surface area contributed by atoms with Gasteiger partial charge in [-0.15, -0.1) is 0 Å². The SMILES string of the molecule is COc1ccc(C(F)c2cc(C(=O)NC3CCOCC3)nc3c(OC)cccc23)cn1. The minimum Gasteiger partial charge on any atom is -0.494 e. The molecule has 2 aromatic heterocycles. The predicted molar refractivity (Wildman–Crippen MR) is 113 cm³/mol. The number of carbonyl (C=O) groups is 1. The van der Waals surface area contributed by atoms with Crippen LogP contribution in [0, 0.1) is 0 Å². The summed E-state index contributed by atoms with van der Waals surface area (Å²) in [5, 5.41) is 3.56. The third-order valence-corrected chi connectivity index (χ3v) is 5.38. The molecule has 1 saturated heterocycles. The smallest absolute Gasteiger partial charge is 0.270 e. The lowest BCUT2D eigenvalue weighted by atomic mass is 9.98. The van der Waals surface area contributed by atoms with Crippen molar-refractivity contribution in [2.45, 2.75) is 25.1 Å². The van der Waals surface area contributed by atoms with Crippen molar-refractivity contribution in [2.75, 3.05) is 27.4 Å². The van der Waals surface area contributed by atoms with Crippen LogP contribution in [0.25, 0.3) is 10.9 Å². The van der Waals surface area contributed by atoms with Crippen molar-refractivity contribution in [3.05, 3.63) is 59.4 Å². The number of nitrogens with one attached hydrogen (secondary N) is 1. The van der Waals surface area contributed by atoms with Crippen molar-refractivity contribution >= 4 is 16.8 Å². The van der Waals surface area contributed by atoms with E-state index >= 15 is 4.39 Å². The van der Waals surface area contributed by atoms with E-state index in [-0.39, 0.29) is 17.6 Å². The van der Waals surface area contributed by atoms with Gasteiger partial charge in [0.2, 0.25) is 5.88 Å². The van der Waals surface area contributed by atoms with Crippen molar-refractivity contribution in [2.24, 2.45) is 0 Å². The Morgan fingerprint density at radius 2 is 2.00 bits per heavy atom. The first-order valence-electron chi connectivity index (χ1n) is 10.1. The summed E-state index contributed by atoms with van der Waals surface area (Å²) in [4.78, 5) is 21.5. The molecule has 1 aromatic carbocycles. The van der Waals surface area contributed by atoms with E-state index in [4.69, 9.17) is 14.2 Å². The predicted octanol–water partition coefficient (Wildman–Crippen LogP) is 3.61. The number of amides is 1. The fourth-order valence-electron chi connectivity index (χ4n) is 3.68. The Morgan fingerprint density at radius 1 is 1.19 bits per heavy atom. The molecule has 7 nitrogen and oxygen atoms in total. The van der Waals surface area contributed by atoms with Crippen molar-refractivity contribution < 1.29 is 23.4 Å². The highest BCUT2D eigenvalue weighted by atomic mass is 19.1. The molecule has 1 aliphatic rings. The molecule has 8 heteroatoms. The minimum atomic E-state index is -1.51. The molecule has 0 spiro atoms. The molecule has 0 saturated carbocycles. The molecule has 3 heterocycles. The van der Waals surface area contributed by atoms with Gasteiger partial charge in [0.15, 0.2) is 6.17 Å². The number of pyridine rings is 2. The van der Waals surface area contributed by atoms with Gasteiger partial charge in [-0.25, -0.2) is 14.4 Å². The second-order valence-electron chi connectivity index (χ2n) is 7.31. The highest BCUT2D eigenvalue weighted by molar-refractivity contribution is 5.97. The largest absolute Gasteiger partial charge is 0.494 e. The van der Waals surface area contributed by atoms with Crippen LogP contribution in [0.5, 0.6) is 11.6 Å². The van der Waals surface area contributed by atoms with Gasteiger partial charge in [0.1, 0.15) is 17.0 Å². The fraction of sp³-hybridized carbons (Fsp3) is 0.348. The maximum atomic E-state index is 15.7. The maximum Gasteiger partial charge on any atom is 0.270 e. The summed E-state index contributed by atoms with van der Waals surface area (Å²) in [6.07, 6.45) is 1.39. The lowest BCUT2D eigenvalue weighted by Gasteiger charge is -2.23. The van der Waals surface area contributed by atoms with E-state index in [1.165, 1.54) is 26.5 Å². The van der Waals surface area contributed by atoms with E-state index < -0.39 is 6.17 Å². The summed E-state index contributed by atoms with van der Waals surface area (Å²) >= 11 is 0. The zero-order valence-electron chi connectivity index (χ0n) is 17.4. The van der Waals surface area contributed by atoms with E-state index in [1.807, 2.05) is 0 Å². The van der Waals surface area contributed by atoms with Gasteiger partial charge in [-0.3, -0.25) is 4.79 Å². The van der Waals surface area contributed by atoms with Crippen LogP contribution in [0.4, 0.5) is 4.39 Å². The normalized spacial score (nSPS) is 15.5. The number of carbonyl (C=O) groups excluding carboxylic acids is 1. The summed E-state index contributed by atoms with van der Waals surface area (Å²) < 4.78 is 31.5. The van der Waals surface area contributed by atoms with Gasteiger partial charge in [-0.05, 0) is 31.0 Å². The van der Waals surface area contributed by atoms with E-state index in [9.17, 15) is 4.79 Å². The summed E-state index contributed by atoms with van der Waals surface area (Å²) in [5.41, 5.74) is 1.26. The Morgan fingerprint density at radius 3 is 2.68 bits per heavy atom. The van der Waals surface area contributed by atoms with E-state index in [0.29, 0.717) is 46.9 Å². The molecule has 3 aromatic rings. The highest BCUT2D eigenvalue weighted by Gasteiger charge is 2.23. The number of para-hydroxylation sites is 1. The average molecular weight is 425 g/mol. The van der Waals surface area contributed by atoms with Crippen LogP contribution >= 0.6 is 0 Å². The van der Waals surface area contributed by atoms with E-state index in [1.54, 1.807) is 30.3 Å². The second-order valence-corrected chi connectivity index (χ2v) is 7.31. The first-order chi connectivity index (χ1) is 15.1. The molecule has 1 atom stereocenters. The summed E-state index contributed by atoms with van der Waals surface area (Å²) in [6.45, 7) is 1.21. The van der Waals surface area contributed by atoms with Crippen molar-refractivity contribution in [3.63, 3.8) is 0 Å². The molecule has 1 fully saturated rings. The Hall–Kier alpha value is -3.26. The van der Waals surface area contributed by atoms with Crippen LogP contribution in [0.2, 0.25) is 0 Å². The molecule has 4 rings (SSSR count). The fourth-order valence-corrected chi connectivity index (χ4v) is 3.68. The van der Waals surface area contributed by atoms with Crippen LogP contribution < -0.4 is 14.8 Å². The lowest BCUT2D eigenvalue weighted by molar-refractivity contribution is 0.0694. The Kier molecular flexibility index (Phi) is 6.27. The quantitative estimate of drug-likeness (QED) is 0.650. The van der Waals surface area contributed by atoms with Crippen LogP contribution in [-0.4, -0.2) is 49.4 Å². The van der Waals surface area contributed by atoms with Gasteiger partial charge in [0.25, 0.3) is 5.91 Å². The zero-order chi connectivity index (χ0) is 21.8. The molecule has 0 aliphatic carbocycles. The number of benzene rings is 1. The number of nitrogens with zero attached hydrogens (tertiary/aromatic N) is 2. The van der Waals surface area contributed by atoms with Crippen molar-refractivity contribution in [1.82, 2.24) is 15.3 Å². The molecular formula is C23H24FN3O4. The van der Waals surface area contributed by atoms with Gasteiger partial charge in [-0.2, -0.15) is 0 Å². The summed E-state index contributed by atoms with van der Waals surface area (Å²) in [7, 11) is 3.02. The van der Waals surface area contributed by atoms with Crippen LogP contribution in [-0.2, 0) is 4.74 Å². The van der Waals surface area contributed by atoms with Gasteiger partial charge in [0.05, 0.1) is 14.2 Å². The number of hydrogen-bond donors (Lipinski definition) is 1. The molecular weight excluding hydrogens is 401 g/mol. The summed E-state index contributed by atoms with van der Waals surface area (Å²) in [5.74, 6) is 0.522. The standard InChI is InChI=1S/C23H24FN3O4/c1-29-19-5-3-4-16-17(21(24)14-6-7-20(30-2)25-13-14)12-18(27-22(16)19)23(28)26-15-8-10-31-11-9-15/h3-7,12-13,15,21H,8-11H2,1-2H3,(H,26,28). The number of fused-ring (bicyclic) bond motifs is 1. The molecule has 0 radical (unpaired) electrons. The molecule has 1 N–H and O–H groups in total. The Balaban J connectivity index is 1.76. The Bertz CT molecular complexity index is 1070. The highest BCUT2D eigenvalue weighted by Crippen LogP contribution is 2.35. The van der Waals surface area contributed by atoms with Gasteiger partial charge in [0, 0.05) is 48.0 Å². The molecule has 31 heavy (non-hydrogen) atoms. The number of methoxy groups -OCH3 is 2. The number of aromatic nitrogens is 2. The third-order valence-electron chi connectivity index (χ3n) is 5.38. The van der Waals surface area contributed by atoms with Gasteiger partial charge >= 0.3 is 0 Å². The van der Waals surface area contributed by atoms with Gasteiger partial charge in [-0.1, -0.05) is 12.1 Å². The lowest BCUT2D eigenvalue weighted by Crippen LogP contribution is -2.39. The van der Waals surface area contributed by atoms with E-state index in [0.717, 1.165) is 12.8 Å². The van der Waals surface area contributed by atoms with Crippen molar-refractivity contribution in [3.8, 4) is 11.6 Å². The number of alkyl halides is 1. The topological polar surface area (TPSA) is 82.6 Å². The van der Waals surface area contributed by atoms with Crippen LogP contribution in [0.1, 0.15) is 40.6 Å². The number of ether oxygens (including phenoxy) is 3. The average Bonchev–Trinajstić information content (AvgIpc) is 2.83.